The van der Waals surface area contributed by atoms with Crippen LogP contribution in [0.25, 0.3) is 0 Å². The third kappa shape index (κ3) is 10.3. The second-order valence-corrected chi connectivity index (χ2v) is 9.37. The van der Waals surface area contributed by atoms with Crippen molar-refractivity contribution in [2.75, 3.05) is 0 Å². The molecule has 3 heteroatoms. The fourth-order valence-corrected chi connectivity index (χ4v) is 4.42. The fourth-order valence-electron chi connectivity index (χ4n) is 4.42. The van der Waals surface area contributed by atoms with Gasteiger partial charge in [-0.2, -0.15) is 0 Å². The molecule has 0 fully saturated rings. The Morgan fingerprint density at radius 3 is 1.29 bits per heavy atom. The van der Waals surface area contributed by atoms with Crippen molar-refractivity contribution in [1.82, 2.24) is 0 Å². The first kappa shape index (κ1) is 30.3. The van der Waals surface area contributed by atoms with Gasteiger partial charge in [-0.25, -0.2) is 0 Å². The van der Waals surface area contributed by atoms with Crippen molar-refractivity contribution < 1.29 is 16.5 Å². The van der Waals surface area contributed by atoms with Crippen LogP contribution < -0.4 is 0 Å². The molecule has 34 heavy (non-hydrogen) atoms. The van der Waals surface area contributed by atoms with E-state index in [1.165, 1.54) is 22.3 Å². The monoisotopic (exact) mass is 504 g/mol. The van der Waals surface area contributed by atoms with Crippen LogP contribution in [0, 0.1) is 0 Å². The molecule has 2 nitrogen and oxygen atoms in total. The molecule has 0 N–H and O–H groups in total. The van der Waals surface area contributed by atoms with Crippen LogP contribution in [0.15, 0.2) is 46.4 Å². The van der Waals surface area contributed by atoms with E-state index in [9.17, 15) is 0 Å². The quantitative estimate of drug-likeness (QED) is 0.180. The zero-order chi connectivity index (χ0) is 24.1. The number of hydrogen-bond donors (Lipinski definition) is 0. The molecule has 0 aliphatic carbocycles. The summed E-state index contributed by atoms with van der Waals surface area (Å²) in [4.78, 5) is 10.3. The third-order valence-corrected chi connectivity index (χ3v) is 5.98. The molecule has 0 amide bonds. The van der Waals surface area contributed by atoms with Crippen LogP contribution in [0.5, 0.6) is 0 Å². The van der Waals surface area contributed by atoms with E-state index in [1.807, 2.05) is 0 Å². The summed E-state index contributed by atoms with van der Waals surface area (Å²) >= 11 is 0. The van der Waals surface area contributed by atoms with Gasteiger partial charge in [0.25, 0.3) is 0 Å². The number of aryl methyl sites for hydroxylation is 4. The summed E-state index contributed by atoms with van der Waals surface area (Å²) in [5.41, 5.74) is 9.97. The van der Waals surface area contributed by atoms with Gasteiger partial charge in [-0.3, -0.25) is 9.98 Å². The maximum Gasteiger partial charge on any atom is 0.0639 e. The van der Waals surface area contributed by atoms with Gasteiger partial charge in [-0.15, -0.1) is 0 Å². The normalized spacial score (nSPS) is 12.1. The van der Waals surface area contributed by atoms with E-state index in [2.05, 4.69) is 77.9 Å². The molecule has 2 aromatic rings. The summed E-state index contributed by atoms with van der Waals surface area (Å²) in [6.45, 7) is 13.4. The van der Waals surface area contributed by atoms with E-state index >= 15 is 0 Å². The summed E-state index contributed by atoms with van der Waals surface area (Å²) in [5, 5.41) is 0. The van der Waals surface area contributed by atoms with Crippen molar-refractivity contribution >= 4 is 22.8 Å². The molecule has 0 bridgehead atoms. The Morgan fingerprint density at radius 1 is 0.559 bits per heavy atom. The number of aliphatic imine (C=N–C) groups is 2. The molecule has 2 rings (SSSR count). The van der Waals surface area contributed by atoms with Gasteiger partial charge in [-0.1, -0.05) is 78.9 Å². The van der Waals surface area contributed by atoms with Gasteiger partial charge < -0.3 is 0 Å². The Kier molecular flexibility index (Phi) is 15.0. The van der Waals surface area contributed by atoms with Gasteiger partial charge in [0.2, 0.25) is 0 Å². The SMILES string of the molecule is CCCCC(=Nc1cc(CCC)cc(CCC)c1)C(C)=Nc1cc(CCC)cc(CCC)c1.[Ni]. The molecule has 0 atom stereocenters. The summed E-state index contributed by atoms with van der Waals surface area (Å²) < 4.78 is 0. The van der Waals surface area contributed by atoms with E-state index in [0.717, 1.165) is 93.4 Å². The summed E-state index contributed by atoms with van der Waals surface area (Å²) in [6.07, 6.45) is 12.4. The Bertz CT molecular complexity index is 879. The molecule has 0 heterocycles. The fraction of sp³-hybridized carbons (Fsp3) is 0.548. The average Bonchev–Trinajstić information content (AvgIpc) is 2.77. The van der Waals surface area contributed by atoms with E-state index in [-0.39, 0.29) is 16.5 Å². The molecule has 0 spiro atoms. The van der Waals surface area contributed by atoms with Crippen LogP contribution in [0.4, 0.5) is 11.4 Å². The Balaban J connectivity index is 0.00000578. The first-order valence-corrected chi connectivity index (χ1v) is 13.4. The van der Waals surface area contributed by atoms with Crippen molar-refractivity contribution in [1.29, 1.82) is 0 Å². The van der Waals surface area contributed by atoms with Crippen molar-refractivity contribution in [3.8, 4) is 0 Å². The minimum Gasteiger partial charge on any atom is -0.252 e. The molecule has 0 aliphatic rings. The second kappa shape index (κ2) is 16.8. The number of nitrogens with zero attached hydrogens (tertiary/aromatic N) is 2. The molecule has 190 valence electrons. The predicted molar refractivity (Wildman–Crippen MR) is 148 cm³/mol. The van der Waals surface area contributed by atoms with E-state index in [0.29, 0.717) is 0 Å². The van der Waals surface area contributed by atoms with Crippen LogP contribution in [0.2, 0.25) is 0 Å². The standard InChI is InChI=1S/C31H46N2.Ni/c1-7-12-17-31(33-30-22-27(15-10-4)19-28(23-30)16-11-5)24(6)32-29-20-25(13-8-2)18-26(21-29)14-9-3;/h18-23H,7-17H2,1-6H3;. The maximum atomic E-state index is 5.18. The van der Waals surface area contributed by atoms with Crippen molar-refractivity contribution in [2.45, 2.75) is 112 Å². The van der Waals surface area contributed by atoms with Gasteiger partial charge >= 0.3 is 0 Å². The number of benzene rings is 2. The first-order valence-electron chi connectivity index (χ1n) is 13.4. The molecule has 0 saturated heterocycles. The van der Waals surface area contributed by atoms with E-state index in [4.69, 9.17) is 9.98 Å². The summed E-state index contributed by atoms with van der Waals surface area (Å²) in [5.74, 6) is 0. The number of rotatable bonds is 14. The number of hydrogen-bond acceptors (Lipinski definition) is 2. The van der Waals surface area contributed by atoms with Crippen LogP contribution in [0.3, 0.4) is 0 Å². The van der Waals surface area contributed by atoms with Crippen molar-refractivity contribution in [3.05, 3.63) is 58.7 Å². The number of unbranched alkanes of at least 4 members (excludes halogenated alkanes) is 1. The maximum absolute atomic E-state index is 5.18. The average molecular weight is 505 g/mol. The van der Waals surface area contributed by atoms with Gasteiger partial charge in [0.15, 0.2) is 0 Å². The minimum absolute atomic E-state index is 0. The van der Waals surface area contributed by atoms with E-state index < -0.39 is 0 Å². The molecule has 0 radical (unpaired) electrons. The Morgan fingerprint density at radius 2 is 0.941 bits per heavy atom. The Labute approximate surface area is 219 Å². The molecular formula is C31H46N2Ni. The van der Waals surface area contributed by atoms with Crippen LogP contribution in [-0.4, -0.2) is 11.4 Å². The van der Waals surface area contributed by atoms with Gasteiger partial charge in [0.05, 0.1) is 22.8 Å². The zero-order valence-electron chi connectivity index (χ0n) is 22.5. The van der Waals surface area contributed by atoms with Gasteiger partial charge in [0, 0.05) is 16.5 Å². The molecule has 0 aliphatic heterocycles. The predicted octanol–water partition coefficient (Wildman–Crippen LogP) is 9.55. The van der Waals surface area contributed by atoms with Crippen LogP contribution in [0.1, 0.15) is 109 Å². The van der Waals surface area contributed by atoms with Gasteiger partial charge in [0.1, 0.15) is 0 Å². The summed E-state index contributed by atoms with van der Waals surface area (Å²) in [7, 11) is 0. The van der Waals surface area contributed by atoms with E-state index in [1.54, 1.807) is 0 Å². The largest absolute Gasteiger partial charge is 0.252 e. The van der Waals surface area contributed by atoms with Crippen molar-refractivity contribution in [2.24, 2.45) is 9.98 Å². The smallest absolute Gasteiger partial charge is 0.0639 e. The van der Waals surface area contributed by atoms with Crippen LogP contribution >= 0.6 is 0 Å². The van der Waals surface area contributed by atoms with Crippen molar-refractivity contribution in [3.63, 3.8) is 0 Å². The molecule has 0 unspecified atom stereocenters. The third-order valence-electron chi connectivity index (χ3n) is 5.98. The molecule has 0 saturated carbocycles. The van der Waals surface area contributed by atoms with Crippen LogP contribution in [-0.2, 0) is 42.2 Å². The minimum atomic E-state index is 0. The first-order chi connectivity index (χ1) is 16.0. The molecule has 2 aromatic carbocycles. The molecule has 0 aromatic heterocycles. The second-order valence-electron chi connectivity index (χ2n) is 9.37. The van der Waals surface area contributed by atoms with Gasteiger partial charge in [-0.05, 0) is 92.0 Å². The Hall–Kier alpha value is -1.73. The zero-order valence-corrected chi connectivity index (χ0v) is 23.4. The topological polar surface area (TPSA) is 24.7 Å². The summed E-state index contributed by atoms with van der Waals surface area (Å²) in [6, 6.07) is 13.8. The molecular weight excluding hydrogens is 459 g/mol.